The number of rotatable bonds is 3. The van der Waals surface area contributed by atoms with Gasteiger partial charge in [0, 0.05) is 56.1 Å². The molecule has 34 heavy (non-hydrogen) atoms. The van der Waals surface area contributed by atoms with Crippen molar-refractivity contribution in [2.45, 2.75) is 89.4 Å². The van der Waals surface area contributed by atoms with Crippen LogP contribution < -0.4 is 0 Å². The van der Waals surface area contributed by atoms with Gasteiger partial charge in [0.1, 0.15) is 23.9 Å². The molecule has 8 heteroatoms. The van der Waals surface area contributed by atoms with Gasteiger partial charge in [-0.1, -0.05) is 19.1 Å². The fourth-order valence-electron chi connectivity index (χ4n) is 11.6. The Labute approximate surface area is 199 Å². The number of carbonyl (C=O) groups excluding carboxylic acids is 3. The van der Waals surface area contributed by atoms with Crippen LogP contribution in [0.1, 0.15) is 53.4 Å². The predicted molar refractivity (Wildman–Crippen MR) is 117 cm³/mol. The van der Waals surface area contributed by atoms with Crippen LogP contribution in [0.4, 0.5) is 0 Å². The first-order valence-electron chi connectivity index (χ1n) is 12.6. The number of carbonyl (C=O) groups is 3. The van der Waals surface area contributed by atoms with E-state index in [0.29, 0.717) is 24.8 Å². The minimum atomic E-state index is -1.25. The van der Waals surface area contributed by atoms with Crippen molar-refractivity contribution in [3.05, 3.63) is 12.2 Å². The molecule has 0 aromatic rings. The molecule has 0 aromatic heterocycles. The van der Waals surface area contributed by atoms with E-state index in [0.717, 1.165) is 25.0 Å². The van der Waals surface area contributed by atoms with Crippen LogP contribution in [0.5, 0.6) is 0 Å². The van der Waals surface area contributed by atoms with Crippen molar-refractivity contribution in [2.24, 2.45) is 34.0 Å². The van der Waals surface area contributed by atoms with Crippen LogP contribution in [0.25, 0.3) is 0 Å². The molecule has 6 saturated carbocycles. The Hall–Kier alpha value is -1.93. The number of piperidine rings is 2. The molecule has 8 nitrogen and oxygen atoms in total. The van der Waals surface area contributed by atoms with E-state index in [1.807, 2.05) is 0 Å². The second kappa shape index (κ2) is 5.89. The zero-order chi connectivity index (χ0) is 24.2. The summed E-state index contributed by atoms with van der Waals surface area (Å²) >= 11 is 0. The van der Waals surface area contributed by atoms with Gasteiger partial charge in [0.05, 0.1) is 5.92 Å². The lowest BCUT2D eigenvalue weighted by Gasteiger charge is -2.68. The van der Waals surface area contributed by atoms with Crippen LogP contribution in [0, 0.1) is 34.0 Å². The van der Waals surface area contributed by atoms with Gasteiger partial charge < -0.3 is 19.3 Å². The molecule has 1 N–H and O–H groups in total. The van der Waals surface area contributed by atoms with Crippen LogP contribution in [0.2, 0.25) is 0 Å². The second-order valence-electron chi connectivity index (χ2n) is 12.7. The molecule has 3 heterocycles. The third-order valence-corrected chi connectivity index (χ3v) is 11.1. The van der Waals surface area contributed by atoms with Crippen molar-refractivity contribution in [2.75, 3.05) is 6.54 Å². The van der Waals surface area contributed by atoms with Crippen molar-refractivity contribution in [3.8, 4) is 0 Å². The first-order chi connectivity index (χ1) is 15.9. The van der Waals surface area contributed by atoms with Crippen molar-refractivity contribution in [1.29, 1.82) is 0 Å². The molecular formula is C26H33NO7. The molecule has 3 saturated heterocycles. The number of esters is 3. The second-order valence-corrected chi connectivity index (χ2v) is 12.7. The zero-order valence-corrected chi connectivity index (χ0v) is 20.2. The van der Waals surface area contributed by atoms with Gasteiger partial charge in [-0.2, -0.15) is 0 Å². The highest BCUT2D eigenvalue weighted by Gasteiger charge is 2.96. The van der Waals surface area contributed by atoms with Crippen LogP contribution in [-0.2, 0) is 28.6 Å². The summed E-state index contributed by atoms with van der Waals surface area (Å²) in [6.45, 7) is 11.7. The first kappa shape index (κ1) is 21.4. The Bertz CT molecular complexity index is 1070. The average Bonchev–Trinajstić information content (AvgIpc) is 3.09. The van der Waals surface area contributed by atoms with Gasteiger partial charge in [-0.3, -0.25) is 19.3 Å². The number of aliphatic hydroxyl groups is 1. The van der Waals surface area contributed by atoms with Gasteiger partial charge in [-0.05, 0) is 37.0 Å². The molecule has 6 aliphatic carbocycles. The maximum atomic E-state index is 12.8. The normalized spacial score (nSPS) is 58.7. The molecule has 9 fully saturated rings. The van der Waals surface area contributed by atoms with Gasteiger partial charge in [-0.25, -0.2) is 0 Å². The first-order valence-corrected chi connectivity index (χ1v) is 12.6. The van der Waals surface area contributed by atoms with E-state index < -0.39 is 35.1 Å². The summed E-state index contributed by atoms with van der Waals surface area (Å²) in [5.41, 5.74) is -1.37. The van der Waals surface area contributed by atoms with Gasteiger partial charge in [-0.15, -0.1) is 0 Å². The molecule has 0 radical (unpaired) electrons. The number of nitrogens with zero attached hydrogens (tertiary/aromatic N) is 1. The van der Waals surface area contributed by atoms with Crippen LogP contribution in [0.15, 0.2) is 12.2 Å². The van der Waals surface area contributed by atoms with Crippen LogP contribution in [0.3, 0.4) is 0 Å². The van der Waals surface area contributed by atoms with Crippen molar-refractivity contribution >= 4 is 17.9 Å². The number of ether oxygens (including phenoxy) is 3. The van der Waals surface area contributed by atoms with E-state index in [-0.39, 0.29) is 40.8 Å². The maximum absolute atomic E-state index is 12.8. The lowest BCUT2D eigenvalue weighted by atomic mass is 9.39. The Morgan fingerprint density at radius 1 is 1.00 bits per heavy atom. The highest BCUT2D eigenvalue weighted by atomic mass is 16.6. The van der Waals surface area contributed by atoms with Crippen molar-refractivity contribution < 1.29 is 33.7 Å². The highest BCUT2D eigenvalue weighted by molar-refractivity contribution is 5.68. The van der Waals surface area contributed by atoms with Crippen molar-refractivity contribution in [1.82, 2.24) is 4.90 Å². The monoisotopic (exact) mass is 471 g/mol. The summed E-state index contributed by atoms with van der Waals surface area (Å²) in [6, 6.07) is 0.101. The summed E-state index contributed by atoms with van der Waals surface area (Å²) in [5.74, 6) is -1.34. The fraction of sp³-hybridized carbons (Fsp3) is 0.808. The molecule has 13 atom stereocenters. The molecule has 2 spiro atoms. The van der Waals surface area contributed by atoms with E-state index in [1.165, 1.54) is 20.8 Å². The molecule has 3 unspecified atom stereocenters. The largest absolute Gasteiger partial charge is 0.463 e. The smallest absolute Gasteiger partial charge is 0.303 e. The van der Waals surface area contributed by atoms with Gasteiger partial charge in [0.25, 0.3) is 0 Å². The van der Waals surface area contributed by atoms with E-state index >= 15 is 0 Å². The summed E-state index contributed by atoms with van der Waals surface area (Å²) in [4.78, 5) is 39.2. The van der Waals surface area contributed by atoms with E-state index in [2.05, 4.69) is 18.4 Å². The summed E-state index contributed by atoms with van der Waals surface area (Å²) in [5, 5.41) is 12.8. The molecule has 3 aliphatic heterocycles. The molecule has 184 valence electrons. The SMILES string of the molecule is C=C1CC23C[C@H]4[C@@H]5[C@@]6(C)C[C@H](OC(C)=O)C[C@]57C(N4C6)[C@@]2(O)[C@H](OC(C)=O)[C@H]1[C@@H](OC(C)=O)[C@H]37. The summed E-state index contributed by atoms with van der Waals surface area (Å²) < 4.78 is 17.9. The highest BCUT2D eigenvalue weighted by Crippen LogP contribution is 2.88. The van der Waals surface area contributed by atoms with Gasteiger partial charge in [0.2, 0.25) is 0 Å². The minimum absolute atomic E-state index is 0.0526. The summed E-state index contributed by atoms with van der Waals surface area (Å²) in [7, 11) is 0. The molecule has 0 amide bonds. The lowest BCUT2D eigenvalue weighted by Crippen LogP contribution is -2.77. The van der Waals surface area contributed by atoms with E-state index in [4.69, 9.17) is 14.2 Å². The quantitative estimate of drug-likeness (QED) is 0.376. The Morgan fingerprint density at radius 2 is 1.68 bits per heavy atom. The summed E-state index contributed by atoms with van der Waals surface area (Å²) in [6.07, 6.45) is 1.31. The topological polar surface area (TPSA) is 102 Å². The molecular weight excluding hydrogens is 438 g/mol. The molecule has 9 rings (SSSR count). The number of fused-ring (bicyclic) bond motifs is 1. The molecule has 9 bridgehead atoms. The predicted octanol–water partition coefficient (Wildman–Crippen LogP) is 1.59. The van der Waals surface area contributed by atoms with E-state index in [1.54, 1.807) is 0 Å². The zero-order valence-electron chi connectivity index (χ0n) is 20.2. The van der Waals surface area contributed by atoms with Crippen LogP contribution in [-0.4, -0.2) is 70.5 Å². The van der Waals surface area contributed by atoms with Gasteiger partial charge >= 0.3 is 17.9 Å². The van der Waals surface area contributed by atoms with Gasteiger partial charge in [0.15, 0.2) is 0 Å². The number of hydrogen-bond donors (Lipinski definition) is 1. The Kier molecular flexibility index (Phi) is 3.70. The third-order valence-electron chi connectivity index (χ3n) is 11.1. The minimum Gasteiger partial charge on any atom is -0.463 e. The molecule has 9 aliphatic rings. The standard InChI is InChI=1S/C26H33NO7/c1-11-6-24-9-16-19-23(5)7-15(32-12(2)28)8-25(19)20(24)18(33-13(3)29)17(11)21(34-14(4)30)26(24,31)22(25)27(16)10-23/h15-22,31H,1,6-10H2,2-5H3/t15-,16-,17+,18+,19+,20+,21+,22?,23-,24?,25-,26-/m0/s1. The lowest BCUT2D eigenvalue weighted by molar-refractivity contribution is -0.287. The average molecular weight is 472 g/mol. The van der Waals surface area contributed by atoms with Crippen molar-refractivity contribution in [3.63, 3.8) is 0 Å². The Morgan fingerprint density at radius 3 is 2.32 bits per heavy atom. The van der Waals surface area contributed by atoms with E-state index in [9.17, 15) is 19.5 Å². The van der Waals surface area contributed by atoms with Crippen LogP contribution >= 0.6 is 0 Å². The maximum Gasteiger partial charge on any atom is 0.303 e. The fourth-order valence-corrected chi connectivity index (χ4v) is 11.6. The third kappa shape index (κ3) is 1.95. The molecule has 0 aromatic carbocycles. The number of hydrogen-bond acceptors (Lipinski definition) is 8. The Balaban J connectivity index is 1.48.